The van der Waals surface area contributed by atoms with Gasteiger partial charge in [-0.15, -0.1) is 0 Å². The second kappa shape index (κ2) is 9.28. The molecule has 1 unspecified atom stereocenters. The molecule has 0 N–H and O–H groups in total. The second-order valence-corrected chi connectivity index (χ2v) is 6.19. The summed E-state index contributed by atoms with van der Waals surface area (Å²) in [6.07, 6.45) is 2.14. The molecule has 2 atom stereocenters. The average Bonchev–Trinajstić information content (AvgIpc) is 2.61. The van der Waals surface area contributed by atoms with Crippen LogP contribution in [0.5, 0.6) is 0 Å². The van der Waals surface area contributed by atoms with Crippen LogP contribution in [-0.2, 0) is 9.53 Å². The number of rotatable bonds is 7. The summed E-state index contributed by atoms with van der Waals surface area (Å²) in [4.78, 5) is 18.9. The van der Waals surface area contributed by atoms with Crippen LogP contribution in [0.2, 0.25) is 10.0 Å². The Morgan fingerprint density at radius 3 is 2.60 bits per heavy atom. The molecule has 1 aromatic carbocycles. The Morgan fingerprint density at radius 2 is 2.00 bits per heavy atom. The smallest absolute Gasteiger partial charge is 0.305 e. The maximum absolute atomic E-state index is 11.6. The van der Waals surface area contributed by atoms with Crippen molar-refractivity contribution >= 4 is 29.2 Å². The maximum atomic E-state index is 11.6. The summed E-state index contributed by atoms with van der Waals surface area (Å²) in [5, 5.41) is 5.03. The van der Waals surface area contributed by atoms with Gasteiger partial charge in [-0.1, -0.05) is 40.4 Å². The molecule has 0 saturated heterocycles. The van der Waals surface area contributed by atoms with E-state index in [-0.39, 0.29) is 18.3 Å². The summed E-state index contributed by atoms with van der Waals surface area (Å²) in [6, 6.07) is 9.83. The lowest BCUT2D eigenvalue weighted by molar-refractivity contribution is -0.140. The van der Waals surface area contributed by atoms with Gasteiger partial charge in [0.15, 0.2) is 0 Å². The highest BCUT2D eigenvalue weighted by molar-refractivity contribution is 6.30. The van der Waals surface area contributed by atoms with Crippen LogP contribution in [0.15, 0.2) is 47.7 Å². The van der Waals surface area contributed by atoms with Crippen LogP contribution in [0.1, 0.15) is 36.1 Å². The Labute approximate surface area is 155 Å². The highest BCUT2D eigenvalue weighted by Crippen LogP contribution is 2.38. The first kappa shape index (κ1) is 19.1. The van der Waals surface area contributed by atoms with Crippen LogP contribution < -0.4 is 0 Å². The monoisotopic (exact) mass is 378 g/mol. The summed E-state index contributed by atoms with van der Waals surface area (Å²) in [5.74, 6) is -0.683. The molecule has 0 fully saturated rings. The Hall–Kier alpha value is -2.27. The van der Waals surface area contributed by atoms with E-state index in [0.717, 1.165) is 5.56 Å². The van der Waals surface area contributed by atoms with Gasteiger partial charge in [0.25, 0.3) is 0 Å². The molecular formula is C17H16Cl2N4O2. The number of carbonyl (C=O) groups is 1. The van der Waals surface area contributed by atoms with E-state index in [1.807, 2.05) is 0 Å². The standard InChI is InChI=1S/C17H16Cl2N4O2/c1-25-16(24)7-6-14(15-10-13(19)8-9-21-15)17(22-23-20)11-2-4-12(18)5-3-11/h2-5,8-10,14,17H,6-7H2,1H3/t14-,17?/m0/s1. The molecule has 0 amide bonds. The molecule has 0 aliphatic rings. The first-order valence-electron chi connectivity index (χ1n) is 7.53. The van der Waals surface area contributed by atoms with E-state index in [0.29, 0.717) is 22.2 Å². The van der Waals surface area contributed by atoms with Crippen molar-refractivity contribution in [2.45, 2.75) is 24.8 Å². The lowest BCUT2D eigenvalue weighted by Crippen LogP contribution is -2.13. The average molecular weight is 379 g/mol. The van der Waals surface area contributed by atoms with Gasteiger partial charge >= 0.3 is 5.97 Å². The Bertz CT molecular complexity index is 776. The molecule has 2 rings (SSSR count). The van der Waals surface area contributed by atoms with Crippen LogP contribution in [0.3, 0.4) is 0 Å². The van der Waals surface area contributed by atoms with Gasteiger partial charge in [-0.25, -0.2) is 0 Å². The number of hydrogen-bond donors (Lipinski definition) is 0. The zero-order chi connectivity index (χ0) is 18.2. The normalized spacial score (nSPS) is 12.8. The summed E-state index contributed by atoms with van der Waals surface area (Å²) < 4.78 is 4.72. The van der Waals surface area contributed by atoms with E-state index < -0.39 is 6.04 Å². The van der Waals surface area contributed by atoms with Crippen molar-refractivity contribution in [2.75, 3.05) is 7.11 Å². The van der Waals surface area contributed by atoms with Crippen LogP contribution in [0.25, 0.3) is 10.4 Å². The van der Waals surface area contributed by atoms with E-state index in [2.05, 4.69) is 15.0 Å². The molecular weight excluding hydrogens is 363 g/mol. The van der Waals surface area contributed by atoms with Gasteiger partial charge in [0.1, 0.15) is 0 Å². The SMILES string of the molecule is COC(=O)CC[C@@H](c1cc(Cl)ccn1)C(N=[N+]=[N-])c1ccc(Cl)cc1. The zero-order valence-electron chi connectivity index (χ0n) is 13.5. The van der Waals surface area contributed by atoms with Crippen molar-refractivity contribution < 1.29 is 9.53 Å². The molecule has 1 aromatic heterocycles. The number of pyridine rings is 1. The van der Waals surface area contributed by atoms with E-state index in [1.54, 1.807) is 42.6 Å². The molecule has 0 aliphatic carbocycles. The number of halogens is 2. The van der Waals surface area contributed by atoms with Gasteiger partial charge in [0.05, 0.1) is 13.2 Å². The highest BCUT2D eigenvalue weighted by Gasteiger charge is 2.26. The molecule has 8 heteroatoms. The fraction of sp³-hybridized carbons (Fsp3) is 0.294. The topological polar surface area (TPSA) is 88.0 Å². The molecule has 0 bridgehead atoms. The van der Waals surface area contributed by atoms with Gasteiger partial charge in [-0.05, 0) is 41.8 Å². The van der Waals surface area contributed by atoms with E-state index >= 15 is 0 Å². The van der Waals surface area contributed by atoms with Gasteiger partial charge < -0.3 is 4.74 Å². The highest BCUT2D eigenvalue weighted by atomic mass is 35.5. The number of nitrogens with zero attached hydrogens (tertiary/aromatic N) is 4. The van der Waals surface area contributed by atoms with Crippen molar-refractivity contribution in [2.24, 2.45) is 5.11 Å². The number of esters is 1. The fourth-order valence-electron chi connectivity index (χ4n) is 2.56. The Balaban J connectivity index is 2.43. The number of methoxy groups -OCH3 is 1. The van der Waals surface area contributed by atoms with Gasteiger partial charge in [0, 0.05) is 39.2 Å². The maximum Gasteiger partial charge on any atom is 0.305 e. The molecule has 2 aromatic rings. The lowest BCUT2D eigenvalue weighted by atomic mass is 9.87. The van der Waals surface area contributed by atoms with Crippen molar-refractivity contribution in [3.05, 3.63) is 74.3 Å². The van der Waals surface area contributed by atoms with Crippen LogP contribution in [0, 0.1) is 0 Å². The van der Waals surface area contributed by atoms with Gasteiger partial charge in [-0.2, -0.15) is 0 Å². The molecule has 0 spiro atoms. The number of benzene rings is 1. The summed E-state index contributed by atoms with van der Waals surface area (Å²) >= 11 is 12.0. The fourth-order valence-corrected chi connectivity index (χ4v) is 2.86. The number of carbonyl (C=O) groups excluding carboxylic acids is 1. The van der Waals surface area contributed by atoms with E-state index in [1.165, 1.54) is 7.11 Å². The van der Waals surface area contributed by atoms with Crippen LogP contribution in [0.4, 0.5) is 0 Å². The van der Waals surface area contributed by atoms with Crippen molar-refractivity contribution in [1.29, 1.82) is 0 Å². The third kappa shape index (κ3) is 5.36. The molecule has 0 aliphatic heterocycles. The molecule has 0 saturated carbocycles. The van der Waals surface area contributed by atoms with Crippen LogP contribution in [-0.4, -0.2) is 18.1 Å². The molecule has 6 nitrogen and oxygen atoms in total. The second-order valence-electron chi connectivity index (χ2n) is 5.32. The van der Waals surface area contributed by atoms with Crippen molar-refractivity contribution in [1.82, 2.24) is 4.98 Å². The molecule has 1 heterocycles. The lowest BCUT2D eigenvalue weighted by Gasteiger charge is -2.23. The predicted octanol–water partition coefficient (Wildman–Crippen LogP) is 5.48. The Kier molecular flexibility index (Phi) is 7.07. The zero-order valence-corrected chi connectivity index (χ0v) is 15.0. The Morgan fingerprint density at radius 1 is 1.28 bits per heavy atom. The number of azide groups is 1. The minimum Gasteiger partial charge on any atom is -0.469 e. The first-order chi connectivity index (χ1) is 12.0. The van der Waals surface area contributed by atoms with E-state index in [9.17, 15) is 4.79 Å². The van der Waals surface area contributed by atoms with Crippen molar-refractivity contribution in [3.8, 4) is 0 Å². The molecule has 25 heavy (non-hydrogen) atoms. The van der Waals surface area contributed by atoms with E-state index in [4.69, 9.17) is 33.5 Å². The van der Waals surface area contributed by atoms with Gasteiger partial charge in [0.2, 0.25) is 0 Å². The number of ether oxygens (including phenoxy) is 1. The number of aromatic nitrogens is 1. The third-order valence-electron chi connectivity index (χ3n) is 3.78. The summed E-state index contributed by atoms with van der Waals surface area (Å²) in [5.41, 5.74) is 10.4. The largest absolute Gasteiger partial charge is 0.469 e. The predicted molar refractivity (Wildman–Crippen MR) is 96.6 cm³/mol. The molecule has 0 radical (unpaired) electrons. The molecule has 130 valence electrons. The van der Waals surface area contributed by atoms with Crippen LogP contribution >= 0.6 is 23.2 Å². The minimum absolute atomic E-state index is 0.167. The minimum atomic E-state index is -0.558. The number of hydrogen-bond acceptors (Lipinski definition) is 4. The first-order valence-corrected chi connectivity index (χ1v) is 8.28. The third-order valence-corrected chi connectivity index (χ3v) is 4.27. The summed E-state index contributed by atoms with van der Waals surface area (Å²) in [7, 11) is 1.33. The quantitative estimate of drug-likeness (QED) is 0.276. The summed E-state index contributed by atoms with van der Waals surface area (Å²) in [6.45, 7) is 0. The van der Waals surface area contributed by atoms with Crippen molar-refractivity contribution in [3.63, 3.8) is 0 Å². The van der Waals surface area contributed by atoms with Gasteiger partial charge in [-0.3, -0.25) is 9.78 Å².